The molecule has 1 N–H and O–H groups in total. The SMILES string of the molecule is Fc1ccc2cnc(C3CCCNC3)nc2c1. The fraction of sp³-hybridized carbons (Fsp3) is 0.385. The molecule has 1 atom stereocenters. The number of piperidine rings is 1. The molecule has 88 valence electrons. The third kappa shape index (κ3) is 2.13. The number of aromatic nitrogens is 2. The largest absolute Gasteiger partial charge is 0.316 e. The van der Waals surface area contributed by atoms with Gasteiger partial charge in [0.2, 0.25) is 0 Å². The third-order valence-electron chi connectivity index (χ3n) is 3.23. The van der Waals surface area contributed by atoms with Crippen LogP contribution in [0.15, 0.2) is 24.4 Å². The predicted molar refractivity (Wildman–Crippen MR) is 64.3 cm³/mol. The highest BCUT2D eigenvalue weighted by Crippen LogP contribution is 2.21. The van der Waals surface area contributed by atoms with Crippen molar-refractivity contribution in [3.8, 4) is 0 Å². The van der Waals surface area contributed by atoms with Crippen LogP contribution in [-0.4, -0.2) is 23.1 Å². The monoisotopic (exact) mass is 231 g/mol. The Labute approximate surface area is 99.1 Å². The van der Waals surface area contributed by atoms with Gasteiger partial charge in [-0.2, -0.15) is 0 Å². The molecule has 1 aliphatic heterocycles. The quantitative estimate of drug-likeness (QED) is 0.818. The van der Waals surface area contributed by atoms with Crippen molar-refractivity contribution in [1.29, 1.82) is 0 Å². The van der Waals surface area contributed by atoms with Crippen molar-refractivity contribution in [3.63, 3.8) is 0 Å². The highest BCUT2D eigenvalue weighted by molar-refractivity contribution is 5.77. The number of rotatable bonds is 1. The van der Waals surface area contributed by atoms with Gasteiger partial charge in [-0.05, 0) is 31.5 Å². The van der Waals surface area contributed by atoms with Gasteiger partial charge in [-0.3, -0.25) is 0 Å². The number of fused-ring (bicyclic) bond motifs is 1. The van der Waals surface area contributed by atoms with Crippen LogP contribution in [0, 0.1) is 5.82 Å². The first-order valence-electron chi connectivity index (χ1n) is 5.96. The van der Waals surface area contributed by atoms with Gasteiger partial charge in [0.1, 0.15) is 11.6 Å². The molecule has 2 aromatic rings. The second kappa shape index (κ2) is 4.37. The first-order valence-corrected chi connectivity index (χ1v) is 5.96. The van der Waals surface area contributed by atoms with E-state index in [1.807, 2.05) is 0 Å². The minimum atomic E-state index is -0.246. The molecule has 1 aromatic carbocycles. The average Bonchev–Trinajstić information content (AvgIpc) is 2.39. The lowest BCUT2D eigenvalue weighted by Crippen LogP contribution is -2.29. The molecule has 1 saturated heterocycles. The molecular formula is C13H14FN3. The molecule has 0 amide bonds. The summed E-state index contributed by atoms with van der Waals surface area (Å²) >= 11 is 0. The maximum Gasteiger partial charge on any atom is 0.133 e. The Morgan fingerprint density at radius 3 is 3.12 bits per heavy atom. The maximum atomic E-state index is 13.1. The predicted octanol–water partition coefficient (Wildman–Crippen LogP) is 2.24. The Kier molecular flexibility index (Phi) is 2.73. The van der Waals surface area contributed by atoms with Crippen LogP contribution in [0.1, 0.15) is 24.6 Å². The van der Waals surface area contributed by atoms with Gasteiger partial charge < -0.3 is 5.32 Å². The van der Waals surface area contributed by atoms with Crippen LogP contribution in [0.4, 0.5) is 4.39 Å². The van der Waals surface area contributed by atoms with Crippen molar-refractivity contribution in [2.45, 2.75) is 18.8 Å². The maximum absolute atomic E-state index is 13.1. The van der Waals surface area contributed by atoms with E-state index < -0.39 is 0 Å². The topological polar surface area (TPSA) is 37.8 Å². The van der Waals surface area contributed by atoms with Crippen molar-refractivity contribution in [3.05, 3.63) is 36.0 Å². The number of hydrogen-bond donors (Lipinski definition) is 1. The van der Waals surface area contributed by atoms with E-state index in [4.69, 9.17) is 0 Å². The van der Waals surface area contributed by atoms with Gasteiger partial charge in [-0.15, -0.1) is 0 Å². The van der Waals surface area contributed by atoms with Crippen LogP contribution in [0.2, 0.25) is 0 Å². The van der Waals surface area contributed by atoms with E-state index in [9.17, 15) is 4.39 Å². The summed E-state index contributed by atoms with van der Waals surface area (Å²) in [5, 5.41) is 4.23. The smallest absolute Gasteiger partial charge is 0.133 e. The molecule has 1 fully saturated rings. The second-order valence-electron chi connectivity index (χ2n) is 4.47. The molecule has 0 bridgehead atoms. The normalized spacial score (nSPS) is 20.6. The summed E-state index contributed by atoms with van der Waals surface area (Å²) in [6, 6.07) is 4.62. The minimum absolute atomic E-state index is 0.246. The van der Waals surface area contributed by atoms with Crippen LogP contribution in [0.5, 0.6) is 0 Å². The van der Waals surface area contributed by atoms with E-state index in [-0.39, 0.29) is 5.82 Å². The van der Waals surface area contributed by atoms with Gasteiger partial charge >= 0.3 is 0 Å². The van der Waals surface area contributed by atoms with Crippen LogP contribution >= 0.6 is 0 Å². The number of hydrogen-bond acceptors (Lipinski definition) is 3. The van der Waals surface area contributed by atoms with Crippen molar-refractivity contribution in [2.75, 3.05) is 13.1 Å². The summed E-state index contributed by atoms with van der Waals surface area (Å²) in [5.41, 5.74) is 0.695. The Hall–Kier alpha value is -1.55. The molecule has 17 heavy (non-hydrogen) atoms. The molecule has 0 saturated carbocycles. The first-order chi connectivity index (χ1) is 8.33. The van der Waals surface area contributed by atoms with Gasteiger partial charge in [0, 0.05) is 30.1 Å². The fourth-order valence-corrected chi connectivity index (χ4v) is 2.28. The molecular weight excluding hydrogens is 217 g/mol. The van der Waals surface area contributed by atoms with Crippen LogP contribution in [-0.2, 0) is 0 Å². The molecule has 2 heterocycles. The Morgan fingerprint density at radius 2 is 2.29 bits per heavy atom. The molecule has 1 unspecified atom stereocenters. The highest BCUT2D eigenvalue weighted by atomic mass is 19.1. The third-order valence-corrected chi connectivity index (χ3v) is 3.23. The molecule has 1 aromatic heterocycles. The summed E-state index contributed by atoms with van der Waals surface area (Å²) in [6.45, 7) is 1.99. The molecule has 3 rings (SSSR count). The Morgan fingerprint density at radius 1 is 1.35 bits per heavy atom. The standard InChI is InChI=1S/C13H14FN3/c14-11-4-3-9-8-16-13(17-12(9)6-11)10-2-1-5-15-7-10/h3-4,6,8,10,15H,1-2,5,7H2. The minimum Gasteiger partial charge on any atom is -0.316 e. The molecule has 0 aliphatic carbocycles. The number of nitrogens with one attached hydrogen (secondary N) is 1. The summed E-state index contributed by atoms with van der Waals surface area (Å²) in [4.78, 5) is 8.86. The van der Waals surface area contributed by atoms with E-state index in [2.05, 4.69) is 15.3 Å². The summed E-state index contributed by atoms with van der Waals surface area (Å²) in [5.74, 6) is 0.940. The van der Waals surface area contributed by atoms with E-state index >= 15 is 0 Å². The number of nitrogens with zero attached hydrogens (tertiary/aromatic N) is 2. The van der Waals surface area contributed by atoms with E-state index in [1.54, 1.807) is 12.3 Å². The van der Waals surface area contributed by atoms with Gasteiger partial charge in [0.15, 0.2) is 0 Å². The zero-order valence-corrected chi connectivity index (χ0v) is 9.49. The summed E-state index contributed by atoms with van der Waals surface area (Å²) < 4.78 is 13.1. The highest BCUT2D eigenvalue weighted by Gasteiger charge is 2.17. The fourth-order valence-electron chi connectivity index (χ4n) is 2.28. The van der Waals surface area contributed by atoms with Crippen molar-refractivity contribution in [2.24, 2.45) is 0 Å². The lowest BCUT2D eigenvalue weighted by Gasteiger charge is -2.21. The van der Waals surface area contributed by atoms with Gasteiger partial charge in [-0.25, -0.2) is 14.4 Å². The second-order valence-corrected chi connectivity index (χ2v) is 4.47. The lowest BCUT2D eigenvalue weighted by molar-refractivity contribution is 0.447. The van der Waals surface area contributed by atoms with Gasteiger partial charge in [-0.1, -0.05) is 0 Å². The van der Waals surface area contributed by atoms with Crippen molar-refractivity contribution < 1.29 is 4.39 Å². The van der Waals surface area contributed by atoms with Crippen LogP contribution in [0.3, 0.4) is 0 Å². The van der Waals surface area contributed by atoms with E-state index in [1.165, 1.54) is 12.1 Å². The number of benzene rings is 1. The van der Waals surface area contributed by atoms with Gasteiger partial charge in [0.25, 0.3) is 0 Å². The molecule has 0 spiro atoms. The zero-order chi connectivity index (χ0) is 11.7. The number of halogens is 1. The van der Waals surface area contributed by atoms with Crippen molar-refractivity contribution >= 4 is 10.9 Å². The molecule has 0 radical (unpaired) electrons. The van der Waals surface area contributed by atoms with Crippen molar-refractivity contribution in [1.82, 2.24) is 15.3 Å². The summed E-state index contributed by atoms with van der Waals surface area (Å²) in [7, 11) is 0. The lowest BCUT2D eigenvalue weighted by atomic mass is 9.99. The van der Waals surface area contributed by atoms with E-state index in [0.29, 0.717) is 11.4 Å². The zero-order valence-electron chi connectivity index (χ0n) is 9.49. The van der Waals surface area contributed by atoms with Crippen LogP contribution < -0.4 is 5.32 Å². The Bertz CT molecular complexity index is 535. The molecule has 4 heteroatoms. The Balaban J connectivity index is 1.99. The van der Waals surface area contributed by atoms with E-state index in [0.717, 1.165) is 37.1 Å². The molecule has 3 nitrogen and oxygen atoms in total. The van der Waals surface area contributed by atoms with Gasteiger partial charge in [0.05, 0.1) is 5.52 Å². The molecule has 1 aliphatic rings. The first kappa shape index (κ1) is 10.6. The average molecular weight is 231 g/mol. The summed E-state index contributed by atoms with van der Waals surface area (Å²) in [6.07, 6.45) is 4.04. The van der Waals surface area contributed by atoms with Crippen LogP contribution in [0.25, 0.3) is 10.9 Å².